The Morgan fingerprint density at radius 1 is 0.950 bits per heavy atom. The second-order valence-electron chi connectivity index (χ2n) is 9.50. The van der Waals surface area contributed by atoms with E-state index in [2.05, 4.69) is 18.7 Å². The average Bonchev–Trinajstić information content (AvgIpc) is 3.16. The molecule has 0 spiro atoms. The zero-order valence-electron chi connectivity index (χ0n) is 23.6. The van der Waals surface area contributed by atoms with E-state index < -0.39 is 10.0 Å². The number of thiazole rings is 1. The molecule has 2 heterocycles. The van der Waals surface area contributed by atoms with Crippen LogP contribution in [0.2, 0.25) is 0 Å². The summed E-state index contributed by atoms with van der Waals surface area (Å²) in [6.45, 7) is 8.13. The van der Waals surface area contributed by atoms with Gasteiger partial charge < -0.3 is 14.4 Å². The lowest BCUT2D eigenvalue weighted by Crippen LogP contribution is -2.39. The highest BCUT2D eigenvalue weighted by Crippen LogP contribution is 2.37. The molecule has 1 amide bonds. The fourth-order valence-electron chi connectivity index (χ4n) is 4.78. The van der Waals surface area contributed by atoms with Crippen molar-refractivity contribution in [2.24, 2.45) is 0 Å². The maximum atomic E-state index is 13.8. The van der Waals surface area contributed by atoms with Crippen molar-refractivity contribution in [3.63, 3.8) is 0 Å². The number of hydrogen-bond donors (Lipinski definition) is 0. The molecule has 1 aliphatic heterocycles. The average molecular weight is 611 g/mol. The molecule has 1 aromatic heterocycles. The first-order valence-corrected chi connectivity index (χ1v) is 15.7. The molecule has 0 bridgehead atoms. The number of benzene rings is 2. The van der Waals surface area contributed by atoms with Crippen LogP contribution < -0.4 is 14.4 Å². The third-order valence-corrected chi connectivity index (χ3v) is 10.2. The molecule has 9 nitrogen and oxygen atoms in total. The maximum Gasteiger partial charge on any atom is 0.260 e. The first-order valence-electron chi connectivity index (χ1n) is 13.5. The molecule has 40 heavy (non-hydrogen) atoms. The topological polar surface area (TPSA) is 92.3 Å². The fraction of sp³-hybridized carbons (Fsp3) is 0.500. The first-order chi connectivity index (χ1) is 18.8. The number of carbonyl (C=O) groups is 1. The van der Waals surface area contributed by atoms with Crippen LogP contribution in [0.25, 0.3) is 10.2 Å². The van der Waals surface area contributed by atoms with Gasteiger partial charge in [-0.05, 0) is 50.2 Å². The lowest BCUT2D eigenvalue weighted by Gasteiger charge is -2.25. The third kappa shape index (κ3) is 7.06. The Bertz CT molecular complexity index is 1330. The van der Waals surface area contributed by atoms with E-state index >= 15 is 0 Å². The number of methoxy groups -OCH3 is 2. The molecule has 4 rings (SSSR count). The number of carbonyl (C=O) groups excluding carboxylic acids is 1. The van der Waals surface area contributed by atoms with E-state index in [4.69, 9.17) is 14.5 Å². The normalized spacial score (nSPS) is 14.5. The lowest BCUT2D eigenvalue weighted by atomic mass is 10.2. The molecule has 2 aromatic carbocycles. The Morgan fingerprint density at radius 3 is 2.12 bits per heavy atom. The van der Waals surface area contributed by atoms with Crippen molar-refractivity contribution in [2.45, 2.75) is 44.4 Å². The van der Waals surface area contributed by atoms with Crippen molar-refractivity contribution in [1.29, 1.82) is 0 Å². The van der Waals surface area contributed by atoms with Crippen LogP contribution in [-0.4, -0.2) is 82.0 Å². The lowest BCUT2D eigenvalue weighted by molar-refractivity contribution is 0.0983. The summed E-state index contributed by atoms with van der Waals surface area (Å²) < 4.78 is 39.8. The Labute approximate surface area is 247 Å². The van der Waals surface area contributed by atoms with Gasteiger partial charge in [0.2, 0.25) is 10.0 Å². The van der Waals surface area contributed by atoms with Crippen LogP contribution in [-0.2, 0) is 10.0 Å². The molecule has 1 aliphatic rings. The second-order valence-corrected chi connectivity index (χ2v) is 12.4. The molecule has 0 radical (unpaired) electrons. The van der Waals surface area contributed by atoms with Crippen molar-refractivity contribution < 1.29 is 22.7 Å². The smallest absolute Gasteiger partial charge is 0.260 e. The van der Waals surface area contributed by atoms with Gasteiger partial charge in [0.05, 0.1) is 29.3 Å². The molecule has 12 heteroatoms. The SMILES string of the molecule is CCN(CC)CCN(C(=O)c1ccc(S(=O)(=O)N2CCCCCC2)cc1)c1nc2cc(OC)c(OC)cc2s1.Cl. The summed E-state index contributed by atoms with van der Waals surface area (Å²) in [5.74, 6) is 0.949. The molecule has 0 atom stereocenters. The van der Waals surface area contributed by atoms with E-state index in [0.717, 1.165) is 43.5 Å². The predicted molar refractivity (Wildman–Crippen MR) is 163 cm³/mol. The summed E-state index contributed by atoms with van der Waals surface area (Å²) in [6.07, 6.45) is 3.84. The van der Waals surface area contributed by atoms with E-state index in [1.807, 2.05) is 12.1 Å². The molecule has 0 unspecified atom stereocenters. The number of hydrogen-bond acceptors (Lipinski definition) is 8. The van der Waals surface area contributed by atoms with Crippen molar-refractivity contribution in [3.05, 3.63) is 42.0 Å². The largest absolute Gasteiger partial charge is 0.493 e. The molecule has 0 N–H and O–H groups in total. The minimum atomic E-state index is -3.59. The summed E-state index contributed by atoms with van der Waals surface area (Å²) in [4.78, 5) is 22.7. The summed E-state index contributed by atoms with van der Waals surface area (Å²) in [5, 5.41) is 0.568. The van der Waals surface area contributed by atoms with Gasteiger partial charge in [0.1, 0.15) is 0 Å². The highest BCUT2D eigenvalue weighted by atomic mass is 35.5. The van der Waals surface area contributed by atoms with Crippen LogP contribution in [0.5, 0.6) is 11.5 Å². The molecule has 0 aliphatic carbocycles. The molecule has 0 saturated carbocycles. The summed E-state index contributed by atoms with van der Waals surface area (Å²) in [5.41, 5.74) is 1.13. The van der Waals surface area contributed by atoms with Gasteiger partial charge in [0.25, 0.3) is 5.91 Å². The number of anilines is 1. The molecular formula is C28H39ClN4O5S2. The summed E-state index contributed by atoms with van der Waals surface area (Å²) in [6, 6.07) is 9.98. The Kier molecular flexibility index (Phi) is 11.6. The third-order valence-electron chi connectivity index (χ3n) is 7.20. The number of rotatable bonds is 11. The van der Waals surface area contributed by atoms with Gasteiger partial charge in [0.15, 0.2) is 16.6 Å². The number of aromatic nitrogens is 1. The van der Waals surface area contributed by atoms with Crippen molar-refractivity contribution in [1.82, 2.24) is 14.2 Å². The van der Waals surface area contributed by atoms with E-state index in [0.29, 0.717) is 53.9 Å². The predicted octanol–water partition coefficient (Wildman–Crippen LogP) is 5.29. The Morgan fingerprint density at radius 2 is 1.55 bits per heavy atom. The molecule has 1 fully saturated rings. The van der Waals surface area contributed by atoms with Crippen LogP contribution in [0.1, 0.15) is 49.9 Å². The standard InChI is InChI=1S/C28H38N4O5S2.ClH/c1-5-30(6-2)17-18-32(28-29-23-19-24(36-3)25(37-4)20-26(23)38-28)27(33)21-11-13-22(14-12-21)39(34,35)31-15-9-7-8-10-16-31;/h11-14,19-20H,5-10,15-18H2,1-4H3;1H. The highest BCUT2D eigenvalue weighted by molar-refractivity contribution is 7.89. The van der Waals surface area contributed by atoms with Gasteiger partial charge in [0, 0.05) is 43.9 Å². The Hall–Kier alpha value is -2.44. The number of ether oxygens (including phenoxy) is 2. The fourth-order valence-corrected chi connectivity index (χ4v) is 7.30. The Balaban J connectivity index is 0.00000441. The van der Waals surface area contributed by atoms with Crippen LogP contribution in [0.3, 0.4) is 0 Å². The quantitative estimate of drug-likeness (QED) is 0.291. The van der Waals surface area contributed by atoms with Crippen LogP contribution in [0, 0.1) is 0 Å². The monoisotopic (exact) mass is 610 g/mol. The van der Waals surface area contributed by atoms with E-state index in [9.17, 15) is 13.2 Å². The first kappa shape index (κ1) is 32.1. The van der Waals surface area contributed by atoms with Crippen LogP contribution in [0.4, 0.5) is 5.13 Å². The van der Waals surface area contributed by atoms with Crippen LogP contribution in [0.15, 0.2) is 41.3 Å². The second kappa shape index (κ2) is 14.5. The summed E-state index contributed by atoms with van der Waals surface area (Å²) >= 11 is 1.41. The van der Waals surface area contributed by atoms with Crippen molar-refractivity contribution >= 4 is 55.0 Å². The minimum Gasteiger partial charge on any atom is -0.493 e. The number of amides is 1. The number of nitrogens with zero attached hydrogens (tertiary/aromatic N) is 4. The number of fused-ring (bicyclic) bond motifs is 1. The van der Waals surface area contributed by atoms with Crippen molar-refractivity contribution in [3.8, 4) is 11.5 Å². The molecule has 220 valence electrons. The molecular weight excluding hydrogens is 572 g/mol. The van der Waals surface area contributed by atoms with E-state index in [1.165, 1.54) is 11.3 Å². The van der Waals surface area contributed by atoms with Gasteiger partial charge in [-0.3, -0.25) is 9.69 Å². The zero-order valence-corrected chi connectivity index (χ0v) is 26.0. The van der Waals surface area contributed by atoms with Gasteiger partial charge >= 0.3 is 0 Å². The molecule has 1 saturated heterocycles. The zero-order chi connectivity index (χ0) is 28.0. The van der Waals surface area contributed by atoms with Gasteiger partial charge in [-0.25, -0.2) is 13.4 Å². The maximum absolute atomic E-state index is 13.8. The van der Waals surface area contributed by atoms with Crippen molar-refractivity contribution in [2.75, 3.05) is 58.4 Å². The van der Waals surface area contributed by atoms with Crippen LogP contribution >= 0.6 is 23.7 Å². The number of halogens is 1. The van der Waals surface area contributed by atoms with E-state index in [1.54, 1.807) is 47.7 Å². The van der Waals surface area contributed by atoms with Gasteiger partial charge in [-0.1, -0.05) is 38.0 Å². The number of likely N-dealkylation sites (N-methyl/N-ethyl adjacent to an activating group) is 1. The van der Waals surface area contributed by atoms with E-state index in [-0.39, 0.29) is 23.2 Å². The van der Waals surface area contributed by atoms with Gasteiger partial charge in [-0.2, -0.15) is 4.31 Å². The highest BCUT2D eigenvalue weighted by Gasteiger charge is 2.27. The summed E-state index contributed by atoms with van der Waals surface area (Å²) in [7, 11) is -0.429. The number of sulfonamides is 1. The minimum absolute atomic E-state index is 0. The molecule has 3 aromatic rings. The van der Waals surface area contributed by atoms with Gasteiger partial charge in [-0.15, -0.1) is 12.4 Å².